The highest BCUT2D eigenvalue weighted by molar-refractivity contribution is 9.10. The standard InChI is InChI=1S/C16H13BrFNO2/c17-15-6-5-14(11-16(15)18)21-10-9-20-13-3-1-12(2-4-13)7-8-19/h1-6,11H,7,9-10H2. The van der Waals surface area contributed by atoms with Crippen molar-refractivity contribution in [3.63, 3.8) is 0 Å². The van der Waals surface area contributed by atoms with E-state index in [2.05, 4.69) is 22.0 Å². The van der Waals surface area contributed by atoms with Gasteiger partial charge in [0.25, 0.3) is 0 Å². The van der Waals surface area contributed by atoms with Crippen LogP contribution in [-0.2, 0) is 6.42 Å². The predicted molar refractivity (Wildman–Crippen MR) is 80.8 cm³/mol. The lowest BCUT2D eigenvalue weighted by Crippen LogP contribution is -2.09. The van der Waals surface area contributed by atoms with Gasteiger partial charge in [0.1, 0.15) is 30.5 Å². The van der Waals surface area contributed by atoms with E-state index in [0.29, 0.717) is 35.6 Å². The molecular weight excluding hydrogens is 337 g/mol. The van der Waals surface area contributed by atoms with Gasteiger partial charge in [0.2, 0.25) is 0 Å². The molecular formula is C16H13BrFNO2. The van der Waals surface area contributed by atoms with Crippen LogP contribution in [0.3, 0.4) is 0 Å². The van der Waals surface area contributed by atoms with Gasteiger partial charge in [0.15, 0.2) is 0 Å². The largest absolute Gasteiger partial charge is 0.490 e. The van der Waals surface area contributed by atoms with E-state index in [9.17, 15) is 4.39 Å². The Labute approximate surface area is 131 Å². The Morgan fingerprint density at radius 3 is 2.24 bits per heavy atom. The van der Waals surface area contributed by atoms with Crippen molar-refractivity contribution in [2.75, 3.05) is 13.2 Å². The first-order chi connectivity index (χ1) is 10.2. The van der Waals surface area contributed by atoms with Crippen molar-refractivity contribution in [1.29, 1.82) is 5.26 Å². The highest BCUT2D eigenvalue weighted by Crippen LogP contribution is 2.20. The molecule has 3 nitrogen and oxygen atoms in total. The molecule has 0 heterocycles. The number of benzene rings is 2. The summed E-state index contributed by atoms with van der Waals surface area (Å²) >= 11 is 3.08. The third-order valence-corrected chi connectivity index (χ3v) is 3.36. The maximum Gasteiger partial charge on any atom is 0.141 e. The fraction of sp³-hybridized carbons (Fsp3) is 0.188. The summed E-state index contributed by atoms with van der Waals surface area (Å²) < 4.78 is 24.6. The molecule has 2 aromatic carbocycles. The average molecular weight is 350 g/mol. The van der Waals surface area contributed by atoms with Gasteiger partial charge in [0.05, 0.1) is 17.0 Å². The average Bonchev–Trinajstić information content (AvgIpc) is 2.49. The smallest absolute Gasteiger partial charge is 0.141 e. The summed E-state index contributed by atoms with van der Waals surface area (Å²) in [7, 11) is 0. The first-order valence-corrected chi connectivity index (χ1v) is 7.15. The number of nitrogens with zero attached hydrogens (tertiary/aromatic N) is 1. The normalized spacial score (nSPS) is 9.95. The molecule has 0 spiro atoms. The quantitative estimate of drug-likeness (QED) is 0.737. The van der Waals surface area contributed by atoms with Crippen LogP contribution >= 0.6 is 15.9 Å². The molecule has 0 unspecified atom stereocenters. The van der Waals surface area contributed by atoms with Gasteiger partial charge >= 0.3 is 0 Å². The summed E-state index contributed by atoms with van der Waals surface area (Å²) in [5, 5.41) is 8.58. The molecule has 0 N–H and O–H groups in total. The van der Waals surface area contributed by atoms with E-state index in [-0.39, 0.29) is 5.82 Å². The van der Waals surface area contributed by atoms with Gasteiger partial charge in [-0.05, 0) is 45.8 Å². The lowest BCUT2D eigenvalue weighted by Gasteiger charge is -2.09. The zero-order chi connectivity index (χ0) is 15.1. The zero-order valence-corrected chi connectivity index (χ0v) is 12.8. The molecule has 0 atom stereocenters. The van der Waals surface area contributed by atoms with E-state index >= 15 is 0 Å². The van der Waals surface area contributed by atoms with Crippen LogP contribution in [0.15, 0.2) is 46.9 Å². The highest BCUT2D eigenvalue weighted by atomic mass is 79.9. The number of hydrogen-bond donors (Lipinski definition) is 0. The lowest BCUT2D eigenvalue weighted by molar-refractivity contribution is 0.216. The Morgan fingerprint density at radius 2 is 1.62 bits per heavy atom. The van der Waals surface area contributed by atoms with Crippen molar-refractivity contribution in [1.82, 2.24) is 0 Å². The summed E-state index contributed by atoms with van der Waals surface area (Å²) in [6.07, 6.45) is 0.387. The Morgan fingerprint density at radius 1 is 1.00 bits per heavy atom. The van der Waals surface area contributed by atoms with Crippen LogP contribution in [0.1, 0.15) is 5.56 Å². The molecule has 0 aliphatic carbocycles. The van der Waals surface area contributed by atoms with Crippen molar-refractivity contribution >= 4 is 15.9 Å². The van der Waals surface area contributed by atoms with Crippen molar-refractivity contribution in [2.24, 2.45) is 0 Å². The molecule has 21 heavy (non-hydrogen) atoms. The van der Waals surface area contributed by atoms with E-state index in [0.717, 1.165) is 5.56 Å². The van der Waals surface area contributed by atoms with Crippen LogP contribution < -0.4 is 9.47 Å². The van der Waals surface area contributed by atoms with Gasteiger partial charge < -0.3 is 9.47 Å². The first kappa shape index (κ1) is 15.3. The van der Waals surface area contributed by atoms with E-state index in [4.69, 9.17) is 14.7 Å². The lowest BCUT2D eigenvalue weighted by atomic mass is 10.2. The minimum atomic E-state index is -0.360. The van der Waals surface area contributed by atoms with E-state index in [1.54, 1.807) is 12.1 Å². The third-order valence-electron chi connectivity index (χ3n) is 2.72. The Bertz CT molecular complexity index is 638. The van der Waals surface area contributed by atoms with E-state index in [1.807, 2.05) is 24.3 Å². The zero-order valence-electron chi connectivity index (χ0n) is 11.2. The second kappa shape index (κ2) is 7.65. The summed E-state index contributed by atoms with van der Waals surface area (Å²) in [6, 6.07) is 14.0. The molecule has 0 amide bonds. The van der Waals surface area contributed by atoms with E-state index < -0.39 is 0 Å². The molecule has 0 aromatic heterocycles. The van der Waals surface area contributed by atoms with Crippen LogP contribution in [0.25, 0.3) is 0 Å². The van der Waals surface area contributed by atoms with Crippen LogP contribution in [-0.4, -0.2) is 13.2 Å². The fourth-order valence-electron chi connectivity index (χ4n) is 1.68. The van der Waals surface area contributed by atoms with Crippen LogP contribution in [0.2, 0.25) is 0 Å². The highest BCUT2D eigenvalue weighted by Gasteiger charge is 2.01. The van der Waals surface area contributed by atoms with Crippen LogP contribution in [0.5, 0.6) is 11.5 Å². The van der Waals surface area contributed by atoms with Gasteiger partial charge in [0, 0.05) is 6.07 Å². The number of nitriles is 1. The second-order valence-electron chi connectivity index (χ2n) is 4.25. The molecule has 0 bridgehead atoms. The summed E-state index contributed by atoms with van der Waals surface area (Å²) in [4.78, 5) is 0. The Kier molecular flexibility index (Phi) is 5.59. The molecule has 5 heteroatoms. The van der Waals surface area contributed by atoms with Crippen molar-refractivity contribution in [2.45, 2.75) is 6.42 Å². The maximum absolute atomic E-state index is 13.3. The fourth-order valence-corrected chi connectivity index (χ4v) is 1.93. The molecule has 0 aliphatic rings. The molecule has 0 saturated heterocycles. The number of ether oxygens (including phenoxy) is 2. The van der Waals surface area contributed by atoms with Gasteiger partial charge in [-0.25, -0.2) is 4.39 Å². The molecule has 108 valence electrons. The Hall–Kier alpha value is -2.06. The maximum atomic E-state index is 13.3. The first-order valence-electron chi connectivity index (χ1n) is 6.35. The molecule has 0 fully saturated rings. The summed E-state index contributed by atoms with van der Waals surface area (Å²) in [5.41, 5.74) is 0.950. The summed E-state index contributed by atoms with van der Waals surface area (Å²) in [6.45, 7) is 0.677. The minimum absolute atomic E-state index is 0.320. The topological polar surface area (TPSA) is 42.2 Å². The minimum Gasteiger partial charge on any atom is -0.490 e. The van der Waals surface area contributed by atoms with Gasteiger partial charge in [-0.2, -0.15) is 5.26 Å². The number of halogens is 2. The molecule has 0 aliphatic heterocycles. The van der Waals surface area contributed by atoms with Crippen molar-refractivity contribution in [3.8, 4) is 17.6 Å². The Balaban J connectivity index is 1.76. The van der Waals surface area contributed by atoms with Crippen LogP contribution in [0.4, 0.5) is 4.39 Å². The van der Waals surface area contributed by atoms with Crippen molar-refractivity contribution < 1.29 is 13.9 Å². The molecule has 2 aromatic rings. The molecule has 0 radical (unpaired) electrons. The van der Waals surface area contributed by atoms with Gasteiger partial charge in [-0.1, -0.05) is 12.1 Å². The number of rotatable bonds is 6. The molecule has 0 saturated carbocycles. The SMILES string of the molecule is N#CCc1ccc(OCCOc2ccc(Br)c(F)c2)cc1. The predicted octanol–water partition coefficient (Wildman–Crippen LogP) is 4.11. The third kappa shape index (κ3) is 4.76. The van der Waals surface area contributed by atoms with Crippen LogP contribution in [0, 0.1) is 17.1 Å². The monoisotopic (exact) mass is 349 g/mol. The van der Waals surface area contributed by atoms with Gasteiger partial charge in [-0.3, -0.25) is 0 Å². The second-order valence-corrected chi connectivity index (χ2v) is 5.11. The van der Waals surface area contributed by atoms with E-state index in [1.165, 1.54) is 6.07 Å². The van der Waals surface area contributed by atoms with Crippen molar-refractivity contribution in [3.05, 3.63) is 58.3 Å². The number of hydrogen-bond acceptors (Lipinski definition) is 3. The van der Waals surface area contributed by atoms with Gasteiger partial charge in [-0.15, -0.1) is 0 Å². The summed E-state index contributed by atoms with van der Waals surface area (Å²) in [5.74, 6) is 0.812. The molecule has 2 rings (SSSR count).